The van der Waals surface area contributed by atoms with Crippen LogP contribution in [0.1, 0.15) is 37.9 Å². The molecule has 2 unspecified atom stereocenters. The van der Waals surface area contributed by atoms with E-state index < -0.39 is 11.7 Å². The molecule has 1 aliphatic rings. The molecule has 3 aromatic rings. The molecular weight excluding hydrogens is 407 g/mol. The van der Waals surface area contributed by atoms with E-state index in [1.54, 1.807) is 30.7 Å². The molecule has 0 aliphatic carbocycles. The molecule has 4 heterocycles. The largest absolute Gasteiger partial charge is 0.352 e. The van der Waals surface area contributed by atoms with E-state index in [2.05, 4.69) is 31.3 Å². The van der Waals surface area contributed by atoms with Crippen molar-refractivity contribution in [3.63, 3.8) is 0 Å². The van der Waals surface area contributed by atoms with Crippen LogP contribution in [0, 0.1) is 11.3 Å². The summed E-state index contributed by atoms with van der Waals surface area (Å²) in [5, 5.41) is 12.7. The molecule has 1 fully saturated rings. The molecule has 0 radical (unpaired) electrons. The van der Waals surface area contributed by atoms with Crippen LogP contribution in [0.5, 0.6) is 0 Å². The van der Waals surface area contributed by atoms with E-state index in [0.717, 1.165) is 17.8 Å². The van der Waals surface area contributed by atoms with Crippen LogP contribution in [0.25, 0.3) is 11.3 Å². The summed E-state index contributed by atoms with van der Waals surface area (Å²) in [5.74, 6) is 0.902. The van der Waals surface area contributed by atoms with E-state index in [-0.39, 0.29) is 6.54 Å². The Bertz CT molecular complexity index is 1140. The zero-order valence-electron chi connectivity index (χ0n) is 18.1. The Hall–Kier alpha value is -3.64. The normalized spacial score (nSPS) is 17.6. The van der Waals surface area contributed by atoms with Crippen molar-refractivity contribution in [1.82, 2.24) is 19.9 Å². The van der Waals surface area contributed by atoms with Gasteiger partial charge in [-0.3, -0.25) is 4.98 Å². The Morgan fingerprint density at radius 3 is 2.78 bits per heavy atom. The van der Waals surface area contributed by atoms with Gasteiger partial charge >= 0.3 is 0 Å². The number of hydrogen-bond acceptors (Lipinski definition) is 8. The van der Waals surface area contributed by atoms with Crippen molar-refractivity contribution in [2.75, 3.05) is 23.3 Å². The van der Waals surface area contributed by atoms with Gasteiger partial charge in [-0.05, 0) is 44.0 Å². The Morgan fingerprint density at radius 2 is 2.12 bits per heavy atom. The van der Waals surface area contributed by atoms with Crippen molar-refractivity contribution in [2.24, 2.45) is 5.73 Å². The summed E-state index contributed by atoms with van der Waals surface area (Å²) in [6.07, 6.45) is 5.33. The summed E-state index contributed by atoms with van der Waals surface area (Å²) >= 11 is 0. The number of nitriles is 1. The van der Waals surface area contributed by atoms with E-state index in [1.807, 2.05) is 30.9 Å². The summed E-state index contributed by atoms with van der Waals surface area (Å²) < 4.78 is 13.6. The number of pyridine rings is 2. The molecule has 1 saturated heterocycles. The fourth-order valence-electron chi connectivity index (χ4n) is 3.54. The third kappa shape index (κ3) is 4.50. The van der Waals surface area contributed by atoms with Crippen molar-refractivity contribution in [3.8, 4) is 17.3 Å². The van der Waals surface area contributed by atoms with E-state index >= 15 is 0 Å². The standard InChI is InChI=1S/C23H25FN8/c1-3-23(2,26)20-5-4-18(13-28-20)30-22-27-8-6-19(31-22)16-10-15(11-25)21(29-12-16)32-9-7-17(24)14-32/h4-6,8,10,12-13,17H,3,7,9,14,26H2,1-2H3,(H,27,30,31). The minimum Gasteiger partial charge on any atom is -0.352 e. The lowest BCUT2D eigenvalue weighted by Crippen LogP contribution is -2.32. The molecule has 1 aliphatic heterocycles. The summed E-state index contributed by atoms with van der Waals surface area (Å²) in [5.41, 5.74) is 9.01. The second-order valence-corrected chi connectivity index (χ2v) is 8.13. The number of hydrogen-bond donors (Lipinski definition) is 2. The minimum atomic E-state index is -0.886. The summed E-state index contributed by atoms with van der Waals surface area (Å²) in [7, 11) is 0. The maximum absolute atomic E-state index is 13.6. The number of halogens is 1. The smallest absolute Gasteiger partial charge is 0.227 e. The fourth-order valence-corrected chi connectivity index (χ4v) is 3.54. The van der Waals surface area contributed by atoms with Crippen molar-refractivity contribution < 1.29 is 4.39 Å². The SMILES string of the molecule is CCC(C)(N)c1ccc(Nc2nccc(-c3cnc(N4CCC(F)C4)c(C#N)c3)n2)cn1. The molecule has 3 aromatic heterocycles. The molecule has 32 heavy (non-hydrogen) atoms. The first-order valence-corrected chi connectivity index (χ1v) is 10.5. The molecule has 8 nitrogen and oxygen atoms in total. The summed E-state index contributed by atoms with van der Waals surface area (Å²) in [6, 6.07) is 9.42. The van der Waals surface area contributed by atoms with Gasteiger partial charge in [0.1, 0.15) is 18.1 Å². The molecule has 0 spiro atoms. The van der Waals surface area contributed by atoms with E-state index in [9.17, 15) is 9.65 Å². The molecule has 0 bridgehead atoms. The average molecular weight is 433 g/mol. The predicted molar refractivity (Wildman–Crippen MR) is 121 cm³/mol. The molecule has 0 amide bonds. The molecule has 0 saturated carbocycles. The second kappa shape index (κ2) is 8.85. The van der Waals surface area contributed by atoms with Crippen LogP contribution < -0.4 is 16.0 Å². The molecule has 0 aromatic carbocycles. The highest BCUT2D eigenvalue weighted by Gasteiger charge is 2.25. The van der Waals surface area contributed by atoms with Gasteiger partial charge in [-0.15, -0.1) is 0 Å². The van der Waals surface area contributed by atoms with Crippen LogP contribution in [0.4, 0.5) is 21.8 Å². The summed E-state index contributed by atoms with van der Waals surface area (Å²) in [4.78, 5) is 19.5. The lowest BCUT2D eigenvalue weighted by molar-refractivity contribution is 0.364. The minimum absolute atomic E-state index is 0.261. The van der Waals surface area contributed by atoms with E-state index in [4.69, 9.17) is 5.73 Å². The van der Waals surface area contributed by atoms with Crippen LogP contribution in [0.15, 0.2) is 42.9 Å². The molecule has 4 rings (SSSR count). The number of nitrogens with two attached hydrogens (primary N) is 1. The highest BCUT2D eigenvalue weighted by molar-refractivity contribution is 5.67. The molecule has 3 N–H and O–H groups in total. The van der Waals surface area contributed by atoms with Crippen LogP contribution in [-0.4, -0.2) is 39.2 Å². The quantitative estimate of drug-likeness (QED) is 0.606. The zero-order chi connectivity index (χ0) is 22.7. The number of rotatable bonds is 6. The van der Waals surface area contributed by atoms with Gasteiger partial charge in [0.2, 0.25) is 5.95 Å². The molecule has 2 atom stereocenters. The highest BCUT2D eigenvalue weighted by Crippen LogP contribution is 2.27. The van der Waals surface area contributed by atoms with Gasteiger partial charge in [0.05, 0.1) is 40.9 Å². The van der Waals surface area contributed by atoms with Gasteiger partial charge in [-0.25, -0.2) is 19.3 Å². The number of anilines is 3. The monoisotopic (exact) mass is 432 g/mol. The first kappa shape index (κ1) is 21.6. The first-order chi connectivity index (χ1) is 15.4. The predicted octanol–water partition coefficient (Wildman–Crippen LogP) is 3.68. The Kier molecular flexibility index (Phi) is 5.97. The Morgan fingerprint density at radius 1 is 1.28 bits per heavy atom. The lowest BCUT2D eigenvalue weighted by atomic mass is 9.95. The van der Waals surface area contributed by atoms with Gasteiger partial charge in [-0.2, -0.15) is 5.26 Å². The third-order valence-corrected chi connectivity index (χ3v) is 5.71. The number of aromatic nitrogens is 4. The van der Waals surface area contributed by atoms with E-state index in [0.29, 0.717) is 41.6 Å². The fraction of sp³-hybridized carbons (Fsp3) is 0.348. The number of nitrogens with zero attached hydrogens (tertiary/aromatic N) is 6. The van der Waals surface area contributed by atoms with Crippen LogP contribution in [0.2, 0.25) is 0 Å². The second-order valence-electron chi connectivity index (χ2n) is 8.13. The van der Waals surface area contributed by atoms with Gasteiger partial charge in [-0.1, -0.05) is 6.92 Å². The topological polar surface area (TPSA) is 117 Å². The highest BCUT2D eigenvalue weighted by atomic mass is 19.1. The van der Waals surface area contributed by atoms with Gasteiger partial charge in [0.15, 0.2) is 0 Å². The van der Waals surface area contributed by atoms with Gasteiger partial charge in [0.25, 0.3) is 0 Å². The van der Waals surface area contributed by atoms with Gasteiger partial charge in [0, 0.05) is 24.5 Å². The molecule has 9 heteroatoms. The third-order valence-electron chi connectivity index (χ3n) is 5.71. The average Bonchev–Trinajstić information content (AvgIpc) is 3.25. The van der Waals surface area contributed by atoms with Crippen molar-refractivity contribution in [2.45, 2.75) is 38.4 Å². The first-order valence-electron chi connectivity index (χ1n) is 10.5. The Balaban J connectivity index is 1.55. The zero-order valence-corrected chi connectivity index (χ0v) is 18.1. The number of nitrogens with one attached hydrogen (secondary N) is 1. The number of alkyl halides is 1. The maximum atomic E-state index is 13.6. The Labute approximate surface area is 186 Å². The van der Waals surface area contributed by atoms with Crippen molar-refractivity contribution in [3.05, 3.63) is 54.1 Å². The maximum Gasteiger partial charge on any atom is 0.227 e. The van der Waals surface area contributed by atoms with Crippen LogP contribution in [-0.2, 0) is 5.54 Å². The van der Waals surface area contributed by atoms with Crippen molar-refractivity contribution in [1.29, 1.82) is 5.26 Å². The summed E-state index contributed by atoms with van der Waals surface area (Å²) in [6.45, 7) is 4.79. The lowest BCUT2D eigenvalue weighted by Gasteiger charge is -2.22. The molecular formula is C23H25FN8. The van der Waals surface area contributed by atoms with Crippen LogP contribution in [0.3, 0.4) is 0 Å². The van der Waals surface area contributed by atoms with E-state index in [1.165, 1.54) is 0 Å². The van der Waals surface area contributed by atoms with Gasteiger partial charge < -0.3 is 16.0 Å². The van der Waals surface area contributed by atoms with Crippen molar-refractivity contribution >= 4 is 17.5 Å². The molecule has 164 valence electrons. The van der Waals surface area contributed by atoms with Crippen LogP contribution >= 0.6 is 0 Å².